The lowest BCUT2D eigenvalue weighted by molar-refractivity contribution is -0.120. The molecular weight excluding hydrogens is 326 g/mol. The number of thioether (sulfide) groups is 1. The fraction of sp³-hybridized carbons (Fsp3) is 0.375. The van der Waals surface area contributed by atoms with Crippen LogP contribution < -0.4 is 10.9 Å². The Kier molecular flexibility index (Phi) is 4.31. The number of amides is 1. The van der Waals surface area contributed by atoms with Crippen LogP contribution in [0.3, 0.4) is 0 Å². The number of aryl methyl sites for hydroxylation is 1. The van der Waals surface area contributed by atoms with Crippen LogP contribution in [0, 0.1) is 0 Å². The number of fused-ring (bicyclic) bond motifs is 3. The molecule has 0 aliphatic rings. The van der Waals surface area contributed by atoms with Crippen molar-refractivity contribution >= 4 is 34.3 Å². The van der Waals surface area contributed by atoms with E-state index in [0.717, 1.165) is 5.52 Å². The minimum absolute atomic E-state index is 0.0547. The van der Waals surface area contributed by atoms with Crippen LogP contribution in [0.2, 0.25) is 0 Å². The molecule has 0 fully saturated rings. The minimum atomic E-state index is -0.323. The van der Waals surface area contributed by atoms with Crippen LogP contribution >= 0.6 is 11.8 Å². The molecule has 3 aromatic rings. The number of nitrogens with zero attached hydrogens (tertiary/aromatic N) is 4. The average molecular weight is 345 g/mol. The highest BCUT2D eigenvalue weighted by Crippen LogP contribution is 2.24. The fourth-order valence-electron chi connectivity index (χ4n) is 2.50. The van der Waals surface area contributed by atoms with Crippen LogP contribution in [0.15, 0.2) is 34.2 Å². The quantitative estimate of drug-likeness (QED) is 0.726. The maximum Gasteiger partial charge on any atom is 0.262 e. The summed E-state index contributed by atoms with van der Waals surface area (Å²) in [6.45, 7) is 5.67. The van der Waals surface area contributed by atoms with E-state index in [2.05, 4.69) is 15.5 Å². The number of rotatable bonds is 4. The van der Waals surface area contributed by atoms with Crippen molar-refractivity contribution in [1.29, 1.82) is 0 Å². The van der Waals surface area contributed by atoms with E-state index in [9.17, 15) is 9.59 Å². The molecule has 1 amide bonds. The maximum atomic E-state index is 12.4. The van der Waals surface area contributed by atoms with Crippen molar-refractivity contribution in [2.45, 2.75) is 37.2 Å². The Hall–Kier alpha value is -2.35. The van der Waals surface area contributed by atoms with Gasteiger partial charge in [-0.05, 0) is 32.9 Å². The molecule has 7 nitrogen and oxygen atoms in total. The molecule has 24 heavy (non-hydrogen) atoms. The molecule has 3 rings (SSSR count). The monoisotopic (exact) mass is 345 g/mol. The summed E-state index contributed by atoms with van der Waals surface area (Å²) in [6, 6.07) is 7.41. The van der Waals surface area contributed by atoms with Crippen LogP contribution in [0.4, 0.5) is 0 Å². The number of benzene rings is 1. The van der Waals surface area contributed by atoms with Crippen molar-refractivity contribution in [3.8, 4) is 0 Å². The van der Waals surface area contributed by atoms with Gasteiger partial charge in [-0.15, -0.1) is 10.2 Å². The highest BCUT2D eigenvalue weighted by atomic mass is 32.2. The average Bonchev–Trinajstić information content (AvgIpc) is 2.96. The summed E-state index contributed by atoms with van der Waals surface area (Å²) < 4.78 is 3.29. The Morgan fingerprint density at radius 2 is 1.92 bits per heavy atom. The summed E-state index contributed by atoms with van der Waals surface area (Å²) in [4.78, 5) is 24.6. The van der Waals surface area contributed by atoms with E-state index >= 15 is 0 Å². The van der Waals surface area contributed by atoms with Crippen molar-refractivity contribution < 1.29 is 4.79 Å². The summed E-state index contributed by atoms with van der Waals surface area (Å²) in [6.07, 6.45) is 0. The molecular formula is C16H19N5O2S. The fourth-order valence-corrected chi connectivity index (χ4v) is 3.37. The van der Waals surface area contributed by atoms with Gasteiger partial charge in [-0.1, -0.05) is 23.9 Å². The number of hydrogen-bond acceptors (Lipinski definition) is 5. The molecule has 0 aliphatic heterocycles. The van der Waals surface area contributed by atoms with Gasteiger partial charge in [0, 0.05) is 13.1 Å². The second kappa shape index (κ2) is 6.27. The third-order valence-electron chi connectivity index (χ3n) is 3.68. The van der Waals surface area contributed by atoms with Gasteiger partial charge in [0.05, 0.1) is 16.2 Å². The molecule has 0 bridgehead atoms. The van der Waals surface area contributed by atoms with Crippen molar-refractivity contribution in [3.05, 3.63) is 34.6 Å². The standard InChI is InChI=1S/C16H19N5O2S/c1-9(2)17-13(22)10(3)24-16-19-18-15-20(4)14(23)11-7-5-6-8-12(11)21(15)16/h5-10H,1-4H3,(H,17,22). The van der Waals surface area contributed by atoms with Crippen molar-refractivity contribution in [2.75, 3.05) is 0 Å². The van der Waals surface area contributed by atoms with E-state index in [0.29, 0.717) is 16.3 Å². The molecule has 0 aliphatic carbocycles. The lowest BCUT2D eigenvalue weighted by Crippen LogP contribution is -2.36. The normalized spacial score (nSPS) is 12.9. The number of para-hydroxylation sites is 1. The number of hydrogen-bond donors (Lipinski definition) is 1. The lowest BCUT2D eigenvalue weighted by Gasteiger charge is -2.13. The van der Waals surface area contributed by atoms with Crippen LogP contribution in [0.5, 0.6) is 0 Å². The molecule has 0 saturated carbocycles. The maximum absolute atomic E-state index is 12.4. The summed E-state index contributed by atoms with van der Waals surface area (Å²) in [5.74, 6) is 0.401. The van der Waals surface area contributed by atoms with Gasteiger partial charge >= 0.3 is 0 Å². The Labute approximate surface area is 143 Å². The number of aromatic nitrogens is 4. The van der Waals surface area contributed by atoms with Gasteiger partial charge < -0.3 is 5.32 Å². The van der Waals surface area contributed by atoms with E-state index in [1.165, 1.54) is 16.3 Å². The zero-order chi connectivity index (χ0) is 17.4. The third-order valence-corrected chi connectivity index (χ3v) is 4.72. The predicted molar refractivity (Wildman–Crippen MR) is 94.3 cm³/mol. The topological polar surface area (TPSA) is 81.3 Å². The highest BCUT2D eigenvalue weighted by Gasteiger charge is 2.20. The first-order chi connectivity index (χ1) is 11.4. The van der Waals surface area contributed by atoms with E-state index < -0.39 is 0 Å². The van der Waals surface area contributed by atoms with Gasteiger partial charge in [0.25, 0.3) is 5.56 Å². The summed E-state index contributed by atoms with van der Waals surface area (Å²) >= 11 is 1.32. The number of carbonyl (C=O) groups excluding carboxylic acids is 1. The van der Waals surface area contributed by atoms with Gasteiger partial charge in [0.2, 0.25) is 11.7 Å². The Morgan fingerprint density at radius 1 is 1.21 bits per heavy atom. The molecule has 1 atom stereocenters. The molecule has 1 aromatic carbocycles. The molecule has 0 radical (unpaired) electrons. The molecule has 1 N–H and O–H groups in total. The van der Waals surface area contributed by atoms with Gasteiger partial charge in [-0.3, -0.25) is 18.6 Å². The zero-order valence-corrected chi connectivity index (χ0v) is 14.8. The smallest absolute Gasteiger partial charge is 0.262 e. The highest BCUT2D eigenvalue weighted by molar-refractivity contribution is 8.00. The summed E-state index contributed by atoms with van der Waals surface area (Å²) in [7, 11) is 1.67. The SMILES string of the molecule is CC(C)NC(=O)C(C)Sc1nnc2n(C)c(=O)c3ccccc3n12. The zero-order valence-electron chi connectivity index (χ0n) is 14.0. The largest absolute Gasteiger partial charge is 0.353 e. The van der Waals surface area contributed by atoms with E-state index in [1.807, 2.05) is 43.4 Å². The van der Waals surface area contributed by atoms with Crippen LogP contribution in [-0.2, 0) is 11.8 Å². The van der Waals surface area contributed by atoms with Gasteiger partial charge in [0.15, 0.2) is 5.16 Å². The predicted octanol–water partition coefficient (Wildman–Crippen LogP) is 1.59. The Balaban J connectivity index is 2.10. The number of carbonyl (C=O) groups is 1. The molecule has 126 valence electrons. The van der Waals surface area contributed by atoms with Crippen LogP contribution in [0.25, 0.3) is 16.7 Å². The lowest BCUT2D eigenvalue weighted by atomic mass is 10.2. The molecule has 0 spiro atoms. The van der Waals surface area contributed by atoms with Gasteiger partial charge in [-0.2, -0.15) is 0 Å². The molecule has 8 heteroatoms. The first kappa shape index (κ1) is 16.5. The Bertz CT molecular complexity index is 976. The third kappa shape index (κ3) is 2.77. The van der Waals surface area contributed by atoms with Crippen LogP contribution in [-0.4, -0.2) is 36.4 Å². The molecule has 1 unspecified atom stereocenters. The van der Waals surface area contributed by atoms with Crippen molar-refractivity contribution in [2.24, 2.45) is 7.05 Å². The Morgan fingerprint density at radius 3 is 2.62 bits per heavy atom. The minimum Gasteiger partial charge on any atom is -0.353 e. The van der Waals surface area contributed by atoms with Gasteiger partial charge in [0.1, 0.15) is 0 Å². The van der Waals surface area contributed by atoms with Gasteiger partial charge in [-0.25, -0.2) is 0 Å². The van der Waals surface area contributed by atoms with Crippen molar-refractivity contribution in [1.82, 2.24) is 24.5 Å². The molecule has 2 heterocycles. The number of nitrogens with one attached hydrogen (secondary N) is 1. The van der Waals surface area contributed by atoms with E-state index in [-0.39, 0.29) is 22.8 Å². The summed E-state index contributed by atoms with van der Waals surface area (Å²) in [5.41, 5.74) is 0.618. The first-order valence-electron chi connectivity index (χ1n) is 7.70. The van der Waals surface area contributed by atoms with E-state index in [1.54, 1.807) is 13.1 Å². The molecule has 0 saturated heterocycles. The first-order valence-corrected chi connectivity index (χ1v) is 8.58. The second-order valence-corrected chi connectivity index (χ2v) is 7.23. The van der Waals surface area contributed by atoms with E-state index in [4.69, 9.17) is 0 Å². The summed E-state index contributed by atoms with van der Waals surface area (Å²) in [5, 5.41) is 12.1. The molecule has 2 aromatic heterocycles. The van der Waals surface area contributed by atoms with Crippen molar-refractivity contribution in [3.63, 3.8) is 0 Å². The van der Waals surface area contributed by atoms with Crippen LogP contribution in [0.1, 0.15) is 20.8 Å². The second-order valence-electron chi connectivity index (χ2n) is 5.92.